The van der Waals surface area contributed by atoms with E-state index in [1.54, 1.807) is 17.4 Å². The van der Waals surface area contributed by atoms with Gasteiger partial charge in [-0.05, 0) is 68.8 Å². The molecule has 7 heteroatoms. The van der Waals surface area contributed by atoms with Crippen molar-refractivity contribution < 1.29 is 19.4 Å². The molecule has 34 heavy (non-hydrogen) atoms. The van der Waals surface area contributed by atoms with Crippen LogP contribution in [0.15, 0.2) is 48.4 Å². The van der Waals surface area contributed by atoms with E-state index in [0.29, 0.717) is 26.2 Å². The largest absolute Gasteiger partial charge is 0.491 e. The number of carbonyl (C=O) groups is 1. The Morgan fingerprint density at radius 2 is 2.18 bits per heavy atom. The van der Waals surface area contributed by atoms with Crippen molar-refractivity contribution in [1.82, 2.24) is 9.80 Å². The molecule has 0 saturated carbocycles. The van der Waals surface area contributed by atoms with Gasteiger partial charge in [-0.2, -0.15) is 0 Å². The number of hydrogen-bond donors (Lipinski definition) is 1. The topological polar surface area (TPSA) is 62.2 Å². The quantitative estimate of drug-likeness (QED) is 0.482. The van der Waals surface area contributed by atoms with Crippen LogP contribution in [0.4, 0.5) is 0 Å². The second-order valence-electron chi connectivity index (χ2n) is 9.84. The number of benzene rings is 1. The van der Waals surface area contributed by atoms with E-state index in [4.69, 9.17) is 9.47 Å². The normalized spacial score (nSPS) is 16.9. The van der Waals surface area contributed by atoms with Gasteiger partial charge in [0.05, 0.1) is 30.9 Å². The van der Waals surface area contributed by atoms with Crippen LogP contribution in [-0.4, -0.2) is 71.9 Å². The number of amides is 1. The Bertz CT molecular complexity index is 952. The Morgan fingerprint density at radius 3 is 2.88 bits per heavy atom. The molecule has 1 aliphatic heterocycles. The maximum atomic E-state index is 13.5. The van der Waals surface area contributed by atoms with E-state index in [0.717, 1.165) is 17.7 Å². The number of nitrogens with zero attached hydrogens (tertiary/aromatic N) is 2. The molecule has 0 radical (unpaired) electrons. The Morgan fingerprint density at radius 1 is 1.38 bits per heavy atom. The molecule has 0 bridgehead atoms. The fourth-order valence-electron chi connectivity index (χ4n) is 4.12. The second-order valence-corrected chi connectivity index (χ2v) is 10.8. The number of ether oxygens (including phenoxy) is 2. The summed E-state index contributed by atoms with van der Waals surface area (Å²) in [4.78, 5) is 18.6. The highest BCUT2D eigenvalue weighted by Crippen LogP contribution is 2.34. The van der Waals surface area contributed by atoms with Crippen LogP contribution in [0.25, 0.3) is 0 Å². The summed E-state index contributed by atoms with van der Waals surface area (Å²) in [7, 11) is 0. The van der Waals surface area contributed by atoms with Crippen LogP contribution in [0.2, 0.25) is 0 Å². The molecule has 1 N–H and O–H groups in total. The van der Waals surface area contributed by atoms with Crippen LogP contribution < -0.4 is 4.74 Å². The van der Waals surface area contributed by atoms with Crippen molar-refractivity contribution in [3.63, 3.8) is 0 Å². The number of fused-ring (bicyclic) bond motifs is 1. The zero-order valence-corrected chi connectivity index (χ0v) is 21.6. The third-order valence-electron chi connectivity index (χ3n) is 5.74. The summed E-state index contributed by atoms with van der Waals surface area (Å²) in [5.41, 5.74) is 1.99. The number of hydrogen-bond acceptors (Lipinski definition) is 6. The molecule has 2 atom stereocenters. The first-order chi connectivity index (χ1) is 16.2. The summed E-state index contributed by atoms with van der Waals surface area (Å²) in [6.07, 6.45) is 1.93. The van der Waals surface area contributed by atoms with Crippen molar-refractivity contribution in [3.8, 4) is 5.75 Å². The molecule has 0 saturated heterocycles. The summed E-state index contributed by atoms with van der Waals surface area (Å²) < 4.78 is 11.8. The lowest BCUT2D eigenvalue weighted by Gasteiger charge is -2.37. The average Bonchev–Trinajstić information content (AvgIpc) is 3.25. The average molecular weight is 487 g/mol. The lowest BCUT2D eigenvalue weighted by molar-refractivity contribution is -0.136. The van der Waals surface area contributed by atoms with E-state index in [9.17, 15) is 9.90 Å². The monoisotopic (exact) mass is 486 g/mol. The summed E-state index contributed by atoms with van der Waals surface area (Å²) in [6.45, 7) is 14.1. The van der Waals surface area contributed by atoms with E-state index in [-0.39, 0.29) is 30.7 Å². The summed E-state index contributed by atoms with van der Waals surface area (Å²) in [5, 5.41) is 12.6. The van der Waals surface area contributed by atoms with Crippen LogP contribution in [-0.2, 0) is 16.0 Å². The van der Waals surface area contributed by atoms with Crippen LogP contribution in [0.5, 0.6) is 5.75 Å². The number of rotatable bonds is 11. The fraction of sp³-hybridized carbons (Fsp3) is 0.519. The van der Waals surface area contributed by atoms with Crippen molar-refractivity contribution in [2.75, 3.05) is 39.4 Å². The van der Waals surface area contributed by atoms with Crippen LogP contribution >= 0.6 is 11.3 Å². The van der Waals surface area contributed by atoms with Crippen molar-refractivity contribution in [2.45, 2.75) is 51.9 Å². The predicted molar refractivity (Wildman–Crippen MR) is 137 cm³/mol. The molecule has 0 fully saturated rings. The highest BCUT2D eigenvalue weighted by Gasteiger charge is 2.33. The molecule has 1 aromatic carbocycles. The van der Waals surface area contributed by atoms with Gasteiger partial charge in [-0.3, -0.25) is 9.69 Å². The first-order valence-corrected chi connectivity index (χ1v) is 12.7. The van der Waals surface area contributed by atoms with Gasteiger partial charge in [-0.15, -0.1) is 17.9 Å². The van der Waals surface area contributed by atoms with E-state index in [2.05, 4.69) is 18.0 Å². The van der Waals surface area contributed by atoms with Gasteiger partial charge in [0.2, 0.25) is 5.91 Å². The second kappa shape index (κ2) is 12.0. The molecule has 1 aliphatic rings. The van der Waals surface area contributed by atoms with Crippen molar-refractivity contribution >= 4 is 17.2 Å². The summed E-state index contributed by atoms with van der Waals surface area (Å²) in [5.74, 6) is 0.838. The van der Waals surface area contributed by atoms with Gasteiger partial charge in [0.25, 0.3) is 0 Å². The number of aliphatic hydroxyl groups is 1. The third-order valence-corrected chi connectivity index (χ3v) is 6.73. The Hall–Kier alpha value is -2.19. The van der Waals surface area contributed by atoms with Crippen LogP contribution in [0.3, 0.4) is 0 Å². The minimum Gasteiger partial charge on any atom is -0.491 e. The lowest BCUT2D eigenvalue weighted by Crippen LogP contribution is -2.48. The van der Waals surface area contributed by atoms with Crippen molar-refractivity contribution in [2.24, 2.45) is 0 Å². The van der Waals surface area contributed by atoms with Gasteiger partial charge in [-0.25, -0.2) is 0 Å². The van der Waals surface area contributed by atoms with Crippen LogP contribution in [0, 0.1) is 6.92 Å². The minimum atomic E-state index is -0.683. The predicted octanol–water partition coefficient (Wildman–Crippen LogP) is 4.23. The molecule has 0 spiro atoms. The van der Waals surface area contributed by atoms with Gasteiger partial charge < -0.3 is 19.5 Å². The van der Waals surface area contributed by atoms with Crippen molar-refractivity contribution in [3.05, 3.63) is 64.4 Å². The highest BCUT2D eigenvalue weighted by molar-refractivity contribution is 7.10. The Labute approximate surface area is 207 Å². The number of thiophene rings is 1. The first-order valence-electron chi connectivity index (χ1n) is 11.9. The van der Waals surface area contributed by atoms with E-state index < -0.39 is 6.10 Å². The minimum absolute atomic E-state index is 0.0282. The smallest absolute Gasteiger partial charge is 0.237 e. The zero-order valence-electron chi connectivity index (χ0n) is 20.8. The van der Waals surface area contributed by atoms with Gasteiger partial charge in [0, 0.05) is 24.5 Å². The molecule has 2 aromatic rings. The first kappa shape index (κ1) is 26.4. The molecule has 2 heterocycles. The summed E-state index contributed by atoms with van der Waals surface area (Å²) >= 11 is 1.74. The van der Waals surface area contributed by atoms with Gasteiger partial charge in [0.15, 0.2) is 0 Å². The highest BCUT2D eigenvalue weighted by atomic mass is 32.1. The lowest BCUT2D eigenvalue weighted by atomic mass is 10.0. The summed E-state index contributed by atoms with van der Waals surface area (Å²) in [6, 6.07) is 9.95. The van der Waals surface area contributed by atoms with Gasteiger partial charge in [0.1, 0.15) is 12.4 Å². The maximum absolute atomic E-state index is 13.5. The van der Waals surface area contributed by atoms with Crippen LogP contribution in [0.1, 0.15) is 42.8 Å². The van der Waals surface area contributed by atoms with Gasteiger partial charge in [-0.1, -0.05) is 18.2 Å². The molecule has 0 unspecified atom stereocenters. The van der Waals surface area contributed by atoms with E-state index in [1.807, 2.05) is 61.8 Å². The number of aryl methyl sites for hydroxylation is 1. The van der Waals surface area contributed by atoms with E-state index >= 15 is 0 Å². The molecule has 186 valence electrons. The Balaban J connectivity index is 1.67. The fourth-order valence-corrected chi connectivity index (χ4v) is 5.05. The SMILES string of the molecule is C=CCN(CC(=O)N1CCc2sccc2[C@@H]1COc1cccc(C)c1)C[C@@H](O)COC(C)(C)C. The number of aliphatic hydroxyl groups excluding tert-OH is 1. The molecule has 1 amide bonds. The van der Waals surface area contributed by atoms with E-state index in [1.165, 1.54) is 10.4 Å². The molecular formula is C27H38N2O4S. The molecule has 0 aliphatic carbocycles. The zero-order chi connectivity index (χ0) is 24.7. The van der Waals surface area contributed by atoms with Gasteiger partial charge >= 0.3 is 0 Å². The molecule has 6 nitrogen and oxygen atoms in total. The Kier molecular flexibility index (Phi) is 9.31. The number of carbonyl (C=O) groups excluding carboxylic acids is 1. The molecule has 1 aromatic heterocycles. The standard InChI is InChI=1S/C27H38N2O4S/c1-6-12-28(16-21(30)18-33-27(3,4)5)17-26(31)29-13-10-25-23(11-14-34-25)24(29)19-32-22-9-7-8-20(2)15-22/h6-9,11,14-15,21,24,30H,1,10,12-13,16-19H2,2-5H3/t21-,24+/m1/s1. The van der Waals surface area contributed by atoms with Crippen molar-refractivity contribution in [1.29, 1.82) is 0 Å². The molecular weight excluding hydrogens is 448 g/mol. The molecule has 3 rings (SSSR count). The third kappa shape index (κ3) is 7.67. The maximum Gasteiger partial charge on any atom is 0.237 e.